The predicted octanol–water partition coefficient (Wildman–Crippen LogP) is 2.81. The van der Waals surface area contributed by atoms with Crippen molar-refractivity contribution in [2.75, 3.05) is 0 Å². The quantitative estimate of drug-likeness (QED) is 0.657. The third-order valence-electron chi connectivity index (χ3n) is 2.50. The van der Waals surface area contributed by atoms with E-state index >= 15 is 0 Å². The first-order valence-corrected chi connectivity index (χ1v) is 4.73. The number of halogens is 1. The zero-order valence-corrected chi connectivity index (χ0v) is 7.64. The zero-order valence-electron chi connectivity index (χ0n) is 6.89. The molecule has 0 amide bonds. The maximum Gasteiger partial charge on any atom is 0.0473 e. The Hall–Kier alpha value is -0.530. The van der Waals surface area contributed by atoms with E-state index in [0.717, 1.165) is 6.42 Å². The molecule has 0 bridgehead atoms. The lowest BCUT2D eigenvalue weighted by molar-refractivity contribution is 0.539. The van der Waals surface area contributed by atoms with E-state index in [0.29, 0.717) is 6.04 Å². The molecule has 1 N–H and O–H groups in total. The molecule has 1 aromatic rings. The molecule has 1 aliphatic rings. The van der Waals surface area contributed by atoms with Crippen LogP contribution in [0.15, 0.2) is 24.3 Å². The van der Waals surface area contributed by atoms with Crippen LogP contribution >= 0.6 is 11.8 Å². The zero-order chi connectivity index (χ0) is 8.39. The smallest absolute Gasteiger partial charge is 0.0473 e. The fourth-order valence-electron chi connectivity index (χ4n) is 1.87. The number of hydrogen-bond acceptors (Lipinski definition) is 1. The predicted molar refractivity (Wildman–Crippen MR) is 51.1 cm³/mol. The largest absolute Gasteiger partial charge is 0.226 e. The maximum atomic E-state index is 5.66. The molecular formula is C10H12ClN. The number of benzene rings is 1. The van der Waals surface area contributed by atoms with Crippen LogP contribution in [-0.2, 0) is 6.42 Å². The molecule has 12 heavy (non-hydrogen) atoms. The second-order valence-corrected chi connectivity index (χ2v) is 3.47. The molecule has 2 heteroatoms. The standard InChI is InChI=1S/C10H12ClN/c11-12-10-7-3-5-8-4-1-2-6-9(8)10/h1-2,4,6,10,12H,3,5,7H2. The maximum absolute atomic E-state index is 5.66. The van der Waals surface area contributed by atoms with Crippen LogP contribution in [0.3, 0.4) is 0 Å². The minimum absolute atomic E-state index is 0.358. The van der Waals surface area contributed by atoms with E-state index in [2.05, 4.69) is 29.1 Å². The van der Waals surface area contributed by atoms with Crippen molar-refractivity contribution < 1.29 is 0 Å². The Kier molecular flexibility index (Phi) is 2.33. The summed E-state index contributed by atoms with van der Waals surface area (Å²) in [5.74, 6) is 0. The summed E-state index contributed by atoms with van der Waals surface area (Å²) in [4.78, 5) is 2.83. The molecule has 1 unspecified atom stereocenters. The molecule has 1 nitrogen and oxygen atoms in total. The van der Waals surface area contributed by atoms with Gasteiger partial charge in [0.05, 0.1) is 0 Å². The molecule has 1 atom stereocenters. The Bertz CT molecular complexity index is 272. The highest BCUT2D eigenvalue weighted by atomic mass is 35.5. The number of aryl methyl sites for hydroxylation is 1. The molecule has 1 aromatic carbocycles. The molecule has 0 saturated carbocycles. The highest BCUT2D eigenvalue weighted by Crippen LogP contribution is 2.29. The first-order valence-electron chi connectivity index (χ1n) is 4.36. The van der Waals surface area contributed by atoms with E-state index in [1.54, 1.807) is 0 Å². The average Bonchev–Trinajstić information content (AvgIpc) is 2.17. The molecule has 0 spiro atoms. The van der Waals surface area contributed by atoms with Gasteiger partial charge in [0.2, 0.25) is 0 Å². The van der Waals surface area contributed by atoms with Gasteiger partial charge in [-0.05, 0) is 42.2 Å². The average molecular weight is 182 g/mol. The van der Waals surface area contributed by atoms with Crippen molar-refractivity contribution in [3.05, 3.63) is 35.4 Å². The van der Waals surface area contributed by atoms with Crippen LogP contribution in [-0.4, -0.2) is 0 Å². The number of nitrogens with one attached hydrogen (secondary N) is 1. The summed E-state index contributed by atoms with van der Waals surface area (Å²) in [5, 5.41) is 0. The highest BCUT2D eigenvalue weighted by Gasteiger charge is 2.17. The lowest BCUT2D eigenvalue weighted by atomic mass is 9.88. The Labute approximate surface area is 77.9 Å². The minimum atomic E-state index is 0.358. The lowest BCUT2D eigenvalue weighted by Crippen LogP contribution is -2.17. The number of rotatable bonds is 1. The molecule has 1 aliphatic carbocycles. The van der Waals surface area contributed by atoms with Gasteiger partial charge in [-0.3, -0.25) is 0 Å². The first kappa shape index (κ1) is 8.09. The van der Waals surface area contributed by atoms with Gasteiger partial charge in [-0.15, -0.1) is 0 Å². The van der Waals surface area contributed by atoms with Crippen molar-refractivity contribution in [1.29, 1.82) is 0 Å². The van der Waals surface area contributed by atoms with Crippen LogP contribution in [0.2, 0.25) is 0 Å². The van der Waals surface area contributed by atoms with Gasteiger partial charge in [-0.1, -0.05) is 24.3 Å². The molecule has 0 saturated heterocycles. The van der Waals surface area contributed by atoms with Crippen molar-refractivity contribution in [2.24, 2.45) is 0 Å². The van der Waals surface area contributed by atoms with E-state index in [4.69, 9.17) is 11.8 Å². The van der Waals surface area contributed by atoms with Gasteiger partial charge in [-0.2, -0.15) is 0 Å². The van der Waals surface area contributed by atoms with Gasteiger partial charge in [0.1, 0.15) is 0 Å². The highest BCUT2D eigenvalue weighted by molar-refractivity contribution is 6.13. The normalized spacial score (nSPS) is 21.9. The van der Waals surface area contributed by atoms with Crippen molar-refractivity contribution in [2.45, 2.75) is 25.3 Å². The van der Waals surface area contributed by atoms with Crippen LogP contribution in [0.5, 0.6) is 0 Å². The fourth-order valence-corrected chi connectivity index (χ4v) is 2.09. The summed E-state index contributed by atoms with van der Waals surface area (Å²) in [5.41, 5.74) is 2.82. The van der Waals surface area contributed by atoms with Gasteiger partial charge < -0.3 is 0 Å². The fraction of sp³-hybridized carbons (Fsp3) is 0.400. The Morgan fingerprint density at radius 1 is 1.33 bits per heavy atom. The van der Waals surface area contributed by atoms with Crippen molar-refractivity contribution in [3.8, 4) is 0 Å². The van der Waals surface area contributed by atoms with Crippen LogP contribution in [0.1, 0.15) is 30.0 Å². The van der Waals surface area contributed by atoms with E-state index in [1.807, 2.05) is 0 Å². The van der Waals surface area contributed by atoms with Crippen molar-refractivity contribution in [3.63, 3.8) is 0 Å². The summed E-state index contributed by atoms with van der Waals surface area (Å²) in [7, 11) is 0. The van der Waals surface area contributed by atoms with Gasteiger partial charge in [0, 0.05) is 6.04 Å². The second kappa shape index (κ2) is 3.46. The van der Waals surface area contributed by atoms with E-state index < -0.39 is 0 Å². The number of hydrogen-bond donors (Lipinski definition) is 1. The summed E-state index contributed by atoms with van der Waals surface area (Å²) < 4.78 is 0. The lowest BCUT2D eigenvalue weighted by Gasteiger charge is -2.23. The number of fused-ring (bicyclic) bond motifs is 1. The van der Waals surface area contributed by atoms with Crippen LogP contribution in [0, 0.1) is 0 Å². The van der Waals surface area contributed by atoms with E-state index in [-0.39, 0.29) is 0 Å². The third-order valence-corrected chi connectivity index (χ3v) is 2.76. The molecule has 2 rings (SSSR count). The Morgan fingerprint density at radius 3 is 3.00 bits per heavy atom. The molecule has 0 radical (unpaired) electrons. The molecule has 0 heterocycles. The van der Waals surface area contributed by atoms with Gasteiger partial charge in [0.25, 0.3) is 0 Å². The van der Waals surface area contributed by atoms with E-state index in [9.17, 15) is 0 Å². The summed E-state index contributed by atoms with van der Waals surface area (Å²) in [6, 6.07) is 8.88. The van der Waals surface area contributed by atoms with Gasteiger partial charge >= 0.3 is 0 Å². The summed E-state index contributed by atoms with van der Waals surface area (Å²) in [6.07, 6.45) is 3.59. The Morgan fingerprint density at radius 2 is 2.17 bits per heavy atom. The topological polar surface area (TPSA) is 12.0 Å². The minimum Gasteiger partial charge on any atom is -0.226 e. The van der Waals surface area contributed by atoms with Crippen LogP contribution in [0.25, 0.3) is 0 Å². The van der Waals surface area contributed by atoms with Crippen LogP contribution < -0.4 is 4.84 Å². The van der Waals surface area contributed by atoms with Crippen molar-refractivity contribution >= 4 is 11.8 Å². The second-order valence-electron chi connectivity index (χ2n) is 3.25. The third kappa shape index (κ3) is 1.35. The molecule has 0 fully saturated rings. The first-order chi connectivity index (χ1) is 5.92. The van der Waals surface area contributed by atoms with E-state index in [1.165, 1.54) is 24.0 Å². The molecule has 0 aromatic heterocycles. The molecular weight excluding hydrogens is 170 g/mol. The Balaban J connectivity index is 2.37. The SMILES string of the molecule is ClNC1CCCc2ccccc21. The summed E-state index contributed by atoms with van der Waals surface area (Å²) in [6.45, 7) is 0. The molecule has 64 valence electrons. The van der Waals surface area contributed by atoms with Gasteiger partial charge in [0.15, 0.2) is 0 Å². The van der Waals surface area contributed by atoms with Gasteiger partial charge in [-0.25, -0.2) is 4.84 Å². The molecule has 0 aliphatic heterocycles. The van der Waals surface area contributed by atoms with Crippen molar-refractivity contribution in [1.82, 2.24) is 4.84 Å². The summed E-state index contributed by atoms with van der Waals surface area (Å²) >= 11 is 5.66. The monoisotopic (exact) mass is 181 g/mol. The van der Waals surface area contributed by atoms with Crippen LogP contribution in [0.4, 0.5) is 0 Å².